The predicted molar refractivity (Wildman–Crippen MR) is 97.0 cm³/mol. The number of carbonyl (C=O) groups excluding carboxylic acids is 1. The van der Waals surface area contributed by atoms with Crippen molar-refractivity contribution in [1.82, 2.24) is 14.5 Å². The minimum absolute atomic E-state index is 0.0199. The van der Waals surface area contributed by atoms with E-state index in [0.29, 0.717) is 36.9 Å². The summed E-state index contributed by atoms with van der Waals surface area (Å²) in [4.78, 5) is 12.3. The van der Waals surface area contributed by atoms with Gasteiger partial charge in [-0.25, -0.2) is 17.2 Å². The lowest BCUT2D eigenvalue weighted by atomic mass is 10.2. The Kier molecular flexibility index (Phi) is 5.82. The number of hydrogen-bond acceptors (Lipinski definition) is 6. The van der Waals surface area contributed by atoms with Gasteiger partial charge >= 0.3 is 0 Å². The number of nitrogens with one attached hydrogen (secondary N) is 1. The van der Waals surface area contributed by atoms with Crippen LogP contribution in [0.4, 0.5) is 14.5 Å². The van der Waals surface area contributed by atoms with E-state index in [9.17, 15) is 22.0 Å². The van der Waals surface area contributed by atoms with Crippen LogP contribution in [-0.4, -0.2) is 41.1 Å². The van der Waals surface area contributed by atoms with Crippen molar-refractivity contribution < 1.29 is 22.0 Å². The van der Waals surface area contributed by atoms with E-state index in [2.05, 4.69) is 15.5 Å². The lowest BCUT2D eigenvalue weighted by Gasteiger charge is -2.21. The Balaban J connectivity index is 1.77. The second-order valence-corrected chi connectivity index (χ2v) is 9.16. The number of amides is 1. The zero-order valence-electron chi connectivity index (χ0n) is 14.5. The molecule has 0 unspecified atom stereocenters. The van der Waals surface area contributed by atoms with Crippen LogP contribution in [0.15, 0.2) is 18.2 Å². The van der Waals surface area contributed by atoms with E-state index in [1.54, 1.807) is 6.92 Å². The average Bonchev–Trinajstić information content (AvgIpc) is 3.25. The van der Waals surface area contributed by atoms with Gasteiger partial charge in [0.2, 0.25) is 15.0 Å². The third kappa shape index (κ3) is 4.30. The molecule has 1 aliphatic heterocycles. The number of hydrogen-bond donors (Lipinski definition) is 1. The van der Waals surface area contributed by atoms with Crippen molar-refractivity contribution in [1.29, 1.82) is 0 Å². The van der Waals surface area contributed by atoms with Gasteiger partial charge in [-0.1, -0.05) is 18.3 Å². The summed E-state index contributed by atoms with van der Waals surface area (Å²) in [5.74, 6) is -2.29. The van der Waals surface area contributed by atoms with Crippen molar-refractivity contribution in [2.75, 3.05) is 17.6 Å². The summed E-state index contributed by atoms with van der Waals surface area (Å²) in [5, 5.41) is 10.5. The van der Waals surface area contributed by atoms with Gasteiger partial charge in [-0.2, -0.15) is 4.31 Å². The Labute approximate surface area is 159 Å². The average molecular weight is 416 g/mol. The summed E-state index contributed by atoms with van der Waals surface area (Å²) in [6, 6.07) is 2.36. The third-order valence-corrected chi connectivity index (χ3v) is 7.22. The van der Waals surface area contributed by atoms with Crippen LogP contribution >= 0.6 is 11.3 Å². The second kappa shape index (κ2) is 7.95. The molecule has 1 saturated heterocycles. The molecule has 1 aromatic carbocycles. The van der Waals surface area contributed by atoms with Crippen LogP contribution < -0.4 is 5.32 Å². The summed E-state index contributed by atoms with van der Waals surface area (Å²) in [6.45, 7) is 2.21. The Bertz CT molecular complexity index is 949. The van der Waals surface area contributed by atoms with Gasteiger partial charge in [-0.3, -0.25) is 4.79 Å². The van der Waals surface area contributed by atoms with E-state index in [0.717, 1.165) is 23.5 Å². The molecule has 7 nitrogen and oxygen atoms in total. The molecule has 0 radical (unpaired) electrons. The second-order valence-electron chi connectivity index (χ2n) is 6.11. The monoisotopic (exact) mass is 416 g/mol. The van der Waals surface area contributed by atoms with Gasteiger partial charge in [-0.15, -0.1) is 10.2 Å². The molecule has 1 fully saturated rings. The van der Waals surface area contributed by atoms with Gasteiger partial charge in [0.1, 0.15) is 16.6 Å². The molecule has 1 atom stereocenters. The van der Waals surface area contributed by atoms with E-state index < -0.39 is 33.6 Å². The number of anilines is 1. The molecule has 1 aromatic heterocycles. The molecular weight excluding hydrogens is 398 g/mol. The lowest BCUT2D eigenvalue weighted by molar-refractivity contribution is 0.102. The predicted octanol–water partition coefficient (Wildman–Crippen LogP) is 2.95. The third-order valence-electron chi connectivity index (χ3n) is 4.12. The molecule has 0 saturated carbocycles. The SMILES string of the molecule is CCCS(=O)(=O)N1CCC[C@H]1c1nnc(C(=O)Nc2ccc(F)cc2F)s1. The highest BCUT2D eigenvalue weighted by atomic mass is 32.2. The van der Waals surface area contributed by atoms with Crippen LogP contribution in [0.1, 0.15) is 47.0 Å². The first kappa shape index (κ1) is 19.8. The molecule has 1 amide bonds. The van der Waals surface area contributed by atoms with E-state index in [1.165, 1.54) is 4.31 Å². The number of halogens is 2. The van der Waals surface area contributed by atoms with Crippen molar-refractivity contribution in [2.24, 2.45) is 0 Å². The van der Waals surface area contributed by atoms with Crippen molar-refractivity contribution in [2.45, 2.75) is 32.2 Å². The first-order valence-corrected chi connectivity index (χ1v) is 10.8. The largest absolute Gasteiger partial charge is 0.317 e. The molecule has 2 aromatic rings. The molecule has 0 bridgehead atoms. The van der Waals surface area contributed by atoms with Crippen LogP contribution in [0.5, 0.6) is 0 Å². The summed E-state index contributed by atoms with van der Waals surface area (Å²) < 4.78 is 52.8. The van der Waals surface area contributed by atoms with E-state index >= 15 is 0 Å². The quantitative estimate of drug-likeness (QED) is 0.782. The van der Waals surface area contributed by atoms with Crippen molar-refractivity contribution in [3.8, 4) is 0 Å². The number of sulfonamides is 1. The number of rotatable bonds is 6. The minimum atomic E-state index is -3.39. The van der Waals surface area contributed by atoms with Crippen LogP contribution in [-0.2, 0) is 10.0 Å². The van der Waals surface area contributed by atoms with Crippen LogP contribution in [0, 0.1) is 11.6 Å². The van der Waals surface area contributed by atoms with Crippen LogP contribution in [0.3, 0.4) is 0 Å². The van der Waals surface area contributed by atoms with E-state index in [-0.39, 0.29) is 16.4 Å². The highest BCUT2D eigenvalue weighted by Crippen LogP contribution is 2.36. The maximum absolute atomic E-state index is 13.7. The van der Waals surface area contributed by atoms with Crippen LogP contribution in [0.2, 0.25) is 0 Å². The van der Waals surface area contributed by atoms with Gasteiger partial charge in [0.05, 0.1) is 17.5 Å². The van der Waals surface area contributed by atoms with E-state index in [4.69, 9.17) is 0 Å². The summed E-state index contributed by atoms with van der Waals surface area (Å²) in [6.07, 6.45) is 1.82. The zero-order valence-corrected chi connectivity index (χ0v) is 16.1. The Hall–Kier alpha value is -1.98. The van der Waals surface area contributed by atoms with Gasteiger partial charge in [-0.05, 0) is 31.4 Å². The first-order chi connectivity index (χ1) is 12.8. The lowest BCUT2D eigenvalue weighted by Crippen LogP contribution is -2.32. The maximum Gasteiger partial charge on any atom is 0.286 e. The van der Waals surface area contributed by atoms with Crippen molar-refractivity contribution in [3.05, 3.63) is 39.8 Å². The summed E-state index contributed by atoms with van der Waals surface area (Å²) in [7, 11) is -3.39. The fourth-order valence-corrected chi connectivity index (χ4v) is 5.63. The molecule has 0 aliphatic carbocycles. The standard InChI is InChI=1S/C16H18F2N4O3S2/c1-2-8-27(24,25)22-7-3-4-13(22)15-20-21-16(26-15)14(23)19-12-6-5-10(17)9-11(12)18/h5-6,9,13H,2-4,7-8H2,1H3,(H,19,23)/t13-/m0/s1. The summed E-state index contributed by atoms with van der Waals surface area (Å²) >= 11 is 0.968. The highest BCUT2D eigenvalue weighted by molar-refractivity contribution is 7.89. The molecule has 1 aliphatic rings. The molecule has 146 valence electrons. The van der Waals surface area contributed by atoms with Gasteiger partial charge in [0, 0.05) is 12.6 Å². The number of aromatic nitrogens is 2. The Morgan fingerprint density at radius 3 is 2.85 bits per heavy atom. The van der Waals surface area contributed by atoms with Gasteiger partial charge in [0.25, 0.3) is 5.91 Å². The summed E-state index contributed by atoms with van der Waals surface area (Å²) in [5.41, 5.74) is -0.175. The minimum Gasteiger partial charge on any atom is -0.317 e. The van der Waals surface area contributed by atoms with Crippen molar-refractivity contribution in [3.63, 3.8) is 0 Å². The Morgan fingerprint density at radius 1 is 1.37 bits per heavy atom. The van der Waals surface area contributed by atoms with Gasteiger partial charge in [0.15, 0.2) is 0 Å². The number of benzene rings is 1. The highest BCUT2D eigenvalue weighted by Gasteiger charge is 2.37. The van der Waals surface area contributed by atoms with E-state index in [1.807, 2.05) is 0 Å². The molecule has 2 heterocycles. The zero-order chi connectivity index (χ0) is 19.6. The molecule has 0 spiro atoms. The topological polar surface area (TPSA) is 92.3 Å². The number of nitrogens with zero attached hydrogens (tertiary/aromatic N) is 3. The number of carbonyl (C=O) groups is 1. The molecule has 3 rings (SSSR count). The smallest absolute Gasteiger partial charge is 0.286 e. The van der Waals surface area contributed by atoms with Crippen LogP contribution in [0.25, 0.3) is 0 Å². The van der Waals surface area contributed by atoms with Crippen molar-refractivity contribution >= 4 is 33.0 Å². The maximum atomic E-state index is 13.7. The molecule has 11 heteroatoms. The fourth-order valence-electron chi connectivity index (χ4n) is 2.92. The first-order valence-electron chi connectivity index (χ1n) is 8.41. The molecular formula is C16H18F2N4O3S2. The van der Waals surface area contributed by atoms with Gasteiger partial charge < -0.3 is 5.32 Å². The molecule has 1 N–H and O–H groups in total. The molecule has 27 heavy (non-hydrogen) atoms. The normalized spacial score (nSPS) is 18.0. The Morgan fingerprint density at radius 2 is 2.15 bits per heavy atom. The fraction of sp³-hybridized carbons (Fsp3) is 0.438.